The summed E-state index contributed by atoms with van der Waals surface area (Å²) in [6.07, 6.45) is 5.17. The number of rotatable bonds is 4. The van der Waals surface area contributed by atoms with Crippen LogP contribution in [-0.4, -0.2) is 33.9 Å². The molecule has 3 aromatic rings. The van der Waals surface area contributed by atoms with Crippen molar-refractivity contribution in [2.24, 2.45) is 5.92 Å². The summed E-state index contributed by atoms with van der Waals surface area (Å²) in [5.41, 5.74) is 1.98. The zero-order valence-corrected chi connectivity index (χ0v) is 14.0. The summed E-state index contributed by atoms with van der Waals surface area (Å²) in [5.74, 6) is 1.18. The van der Waals surface area contributed by atoms with E-state index in [2.05, 4.69) is 31.2 Å². The molecule has 1 saturated heterocycles. The van der Waals surface area contributed by atoms with E-state index in [-0.39, 0.29) is 11.8 Å². The van der Waals surface area contributed by atoms with Gasteiger partial charge in [0, 0.05) is 36.3 Å². The van der Waals surface area contributed by atoms with Crippen molar-refractivity contribution >= 4 is 22.6 Å². The second-order valence-corrected chi connectivity index (χ2v) is 6.39. The van der Waals surface area contributed by atoms with Gasteiger partial charge in [0.25, 0.3) is 0 Å². The fraction of sp³-hybridized carbons (Fsp3) is 0.316. The number of para-hydroxylation sites is 1. The molecule has 0 saturated carbocycles. The average molecular weight is 335 g/mol. The largest absolute Gasteiger partial charge is 0.364 e. The van der Waals surface area contributed by atoms with Crippen LogP contribution in [0.4, 0.5) is 5.82 Å². The van der Waals surface area contributed by atoms with Gasteiger partial charge in [0.2, 0.25) is 5.91 Å². The van der Waals surface area contributed by atoms with Crippen molar-refractivity contribution in [2.75, 3.05) is 18.0 Å². The Labute approximate surface area is 146 Å². The van der Waals surface area contributed by atoms with Crippen LogP contribution in [0.3, 0.4) is 0 Å². The number of aromatic nitrogens is 3. The number of benzene rings is 1. The van der Waals surface area contributed by atoms with E-state index in [1.807, 2.05) is 36.5 Å². The van der Waals surface area contributed by atoms with Gasteiger partial charge in [0.15, 0.2) is 0 Å². The SMILES string of the molecule is O=C(NCc1ccc[nH]1)C1CCN(c2ncnc3ccccc23)CC1. The Kier molecular flexibility index (Phi) is 4.33. The number of aromatic amines is 1. The van der Waals surface area contributed by atoms with Crippen LogP contribution in [0, 0.1) is 5.92 Å². The number of amides is 1. The lowest BCUT2D eigenvalue weighted by atomic mass is 9.95. The van der Waals surface area contributed by atoms with Crippen molar-refractivity contribution in [3.8, 4) is 0 Å². The van der Waals surface area contributed by atoms with E-state index in [4.69, 9.17) is 0 Å². The van der Waals surface area contributed by atoms with E-state index in [1.165, 1.54) is 0 Å². The van der Waals surface area contributed by atoms with Crippen molar-refractivity contribution < 1.29 is 4.79 Å². The highest BCUT2D eigenvalue weighted by Crippen LogP contribution is 2.27. The number of anilines is 1. The topological polar surface area (TPSA) is 73.9 Å². The van der Waals surface area contributed by atoms with Crippen molar-refractivity contribution in [3.63, 3.8) is 0 Å². The predicted molar refractivity (Wildman–Crippen MR) is 97.1 cm³/mol. The molecule has 1 fully saturated rings. The molecule has 128 valence electrons. The van der Waals surface area contributed by atoms with Gasteiger partial charge in [-0.1, -0.05) is 12.1 Å². The van der Waals surface area contributed by atoms with E-state index in [9.17, 15) is 4.79 Å². The molecule has 0 aliphatic carbocycles. The molecule has 2 aromatic heterocycles. The third-order valence-corrected chi connectivity index (χ3v) is 4.80. The standard InChI is InChI=1S/C19H21N5O/c25-19(21-12-15-4-3-9-20-15)14-7-10-24(11-8-14)18-16-5-1-2-6-17(16)22-13-23-18/h1-6,9,13-14,20H,7-8,10-12H2,(H,21,25). The Hall–Kier alpha value is -2.89. The summed E-state index contributed by atoms with van der Waals surface area (Å²) in [6, 6.07) is 12.0. The van der Waals surface area contributed by atoms with Crippen LogP contribution in [-0.2, 0) is 11.3 Å². The molecule has 25 heavy (non-hydrogen) atoms. The van der Waals surface area contributed by atoms with Gasteiger partial charge in [-0.15, -0.1) is 0 Å². The number of nitrogens with zero attached hydrogens (tertiary/aromatic N) is 3. The molecule has 0 bridgehead atoms. The Balaban J connectivity index is 1.38. The molecule has 1 aliphatic rings. The second-order valence-electron chi connectivity index (χ2n) is 6.39. The maximum Gasteiger partial charge on any atom is 0.223 e. The molecular weight excluding hydrogens is 314 g/mol. The molecule has 4 rings (SSSR count). The quantitative estimate of drug-likeness (QED) is 0.768. The molecule has 1 amide bonds. The lowest BCUT2D eigenvalue weighted by Crippen LogP contribution is -2.40. The minimum atomic E-state index is 0.0688. The summed E-state index contributed by atoms with van der Waals surface area (Å²) in [6.45, 7) is 2.23. The van der Waals surface area contributed by atoms with E-state index in [0.29, 0.717) is 6.54 Å². The highest BCUT2D eigenvalue weighted by Gasteiger charge is 2.26. The van der Waals surface area contributed by atoms with Crippen LogP contribution in [0.1, 0.15) is 18.5 Å². The van der Waals surface area contributed by atoms with Crippen molar-refractivity contribution in [1.82, 2.24) is 20.3 Å². The van der Waals surface area contributed by atoms with Crippen LogP contribution in [0.25, 0.3) is 10.9 Å². The first-order chi connectivity index (χ1) is 12.3. The number of carbonyl (C=O) groups is 1. The van der Waals surface area contributed by atoms with Crippen LogP contribution in [0.2, 0.25) is 0 Å². The molecule has 0 unspecified atom stereocenters. The minimum absolute atomic E-state index is 0.0688. The first-order valence-electron chi connectivity index (χ1n) is 8.66. The van der Waals surface area contributed by atoms with Gasteiger partial charge in [-0.3, -0.25) is 4.79 Å². The van der Waals surface area contributed by atoms with Gasteiger partial charge in [-0.2, -0.15) is 0 Å². The number of hydrogen-bond donors (Lipinski definition) is 2. The van der Waals surface area contributed by atoms with Crippen LogP contribution >= 0.6 is 0 Å². The lowest BCUT2D eigenvalue weighted by molar-refractivity contribution is -0.125. The summed E-state index contributed by atoms with van der Waals surface area (Å²) in [4.78, 5) is 26.6. The van der Waals surface area contributed by atoms with Gasteiger partial charge in [0.1, 0.15) is 12.1 Å². The van der Waals surface area contributed by atoms with Crippen molar-refractivity contribution in [1.29, 1.82) is 0 Å². The Bertz CT molecular complexity index is 848. The number of piperidine rings is 1. The van der Waals surface area contributed by atoms with Crippen molar-refractivity contribution in [2.45, 2.75) is 19.4 Å². The van der Waals surface area contributed by atoms with Gasteiger partial charge < -0.3 is 15.2 Å². The molecule has 1 aliphatic heterocycles. The molecule has 0 radical (unpaired) electrons. The van der Waals surface area contributed by atoms with Gasteiger partial charge >= 0.3 is 0 Å². The Morgan fingerprint density at radius 3 is 2.80 bits per heavy atom. The van der Waals surface area contributed by atoms with E-state index < -0.39 is 0 Å². The zero-order valence-electron chi connectivity index (χ0n) is 14.0. The highest BCUT2D eigenvalue weighted by molar-refractivity contribution is 5.89. The molecular formula is C19H21N5O. The molecule has 6 nitrogen and oxygen atoms in total. The Morgan fingerprint density at radius 2 is 2.00 bits per heavy atom. The fourth-order valence-corrected chi connectivity index (χ4v) is 3.40. The fourth-order valence-electron chi connectivity index (χ4n) is 3.40. The summed E-state index contributed by atoms with van der Waals surface area (Å²) in [7, 11) is 0. The zero-order chi connectivity index (χ0) is 17.1. The molecule has 1 aromatic carbocycles. The van der Waals surface area contributed by atoms with E-state index in [0.717, 1.165) is 48.3 Å². The molecule has 3 heterocycles. The second kappa shape index (κ2) is 6.93. The highest BCUT2D eigenvalue weighted by atomic mass is 16.1. The van der Waals surface area contributed by atoms with Crippen LogP contribution in [0.15, 0.2) is 48.9 Å². The van der Waals surface area contributed by atoms with Crippen LogP contribution in [0.5, 0.6) is 0 Å². The van der Waals surface area contributed by atoms with Crippen LogP contribution < -0.4 is 10.2 Å². The maximum atomic E-state index is 12.4. The summed E-state index contributed by atoms with van der Waals surface area (Å²) in [5, 5.41) is 4.09. The monoisotopic (exact) mass is 335 g/mol. The molecule has 0 spiro atoms. The number of carbonyl (C=O) groups excluding carboxylic acids is 1. The van der Waals surface area contributed by atoms with Crippen molar-refractivity contribution in [3.05, 3.63) is 54.6 Å². The molecule has 6 heteroatoms. The molecule has 0 atom stereocenters. The maximum absolute atomic E-state index is 12.4. The first-order valence-corrected chi connectivity index (χ1v) is 8.66. The van der Waals surface area contributed by atoms with Gasteiger partial charge in [0.05, 0.1) is 12.1 Å². The third-order valence-electron chi connectivity index (χ3n) is 4.80. The van der Waals surface area contributed by atoms with Gasteiger partial charge in [-0.05, 0) is 37.1 Å². The normalized spacial score (nSPS) is 15.4. The number of fused-ring (bicyclic) bond motifs is 1. The molecule has 2 N–H and O–H groups in total. The first kappa shape index (κ1) is 15.6. The van der Waals surface area contributed by atoms with E-state index in [1.54, 1.807) is 6.33 Å². The van der Waals surface area contributed by atoms with Gasteiger partial charge in [-0.25, -0.2) is 9.97 Å². The smallest absolute Gasteiger partial charge is 0.223 e. The predicted octanol–water partition coefficient (Wildman–Crippen LogP) is 2.49. The van der Waals surface area contributed by atoms with E-state index >= 15 is 0 Å². The Morgan fingerprint density at radius 1 is 1.16 bits per heavy atom. The lowest BCUT2D eigenvalue weighted by Gasteiger charge is -2.32. The average Bonchev–Trinajstić information content (AvgIpc) is 3.19. The summed E-state index contributed by atoms with van der Waals surface area (Å²) >= 11 is 0. The summed E-state index contributed by atoms with van der Waals surface area (Å²) < 4.78 is 0. The number of hydrogen-bond acceptors (Lipinski definition) is 4. The minimum Gasteiger partial charge on any atom is -0.364 e. The number of nitrogens with one attached hydrogen (secondary N) is 2. The number of H-pyrrole nitrogens is 1. The third kappa shape index (κ3) is 3.33.